The van der Waals surface area contributed by atoms with E-state index in [-0.39, 0.29) is 12.0 Å². The van der Waals surface area contributed by atoms with Crippen LogP contribution in [-0.2, 0) is 6.42 Å². The highest BCUT2D eigenvalue weighted by atomic mass is 19.2. The van der Waals surface area contributed by atoms with Gasteiger partial charge >= 0.3 is 0 Å². The molecule has 0 saturated heterocycles. The Morgan fingerprint density at radius 1 is 1.29 bits per heavy atom. The van der Waals surface area contributed by atoms with E-state index in [1.807, 2.05) is 0 Å². The van der Waals surface area contributed by atoms with Crippen LogP contribution in [0.15, 0.2) is 12.1 Å². The fraction of sp³-hybridized carbons (Fsp3) is 0.400. The quantitative estimate of drug-likeness (QED) is 0.763. The summed E-state index contributed by atoms with van der Waals surface area (Å²) in [6, 6.07) is 2.25. The summed E-state index contributed by atoms with van der Waals surface area (Å²) in [7, 11) is 0. The molecule has 0 atom stereocenters. The lowest BCUT2D eigenvalue weighted by Crippen LogP contribution is -2.11. The largest absolute Gasteiger partial charge is 0.505 e. The van der Waals surface area contributed by atoms with E-state index in [0.717, 1.165) is 6.07 Å². The number of hydrogen-bond acceptors (Lipinski definition) is 2. The van der Waals surface area contributed by atoms with Crippen molar-refractivity contribution >= 4 is 0 Å². The number of phenols is 1. The molecule has 1 aliphatic carbocycles. The van der Waals surface area contributed by atoms with E-state index in [2.05, 4.69) is 0 Å². The second-order valence-electron chi connectivity index (χ2n) is 3.77. The zero-order valence-electron chi connectivity index (χ0n) is 7.43. The number of benzene rings is 1. The lowest BCUT2D eigenvalue weighted by molar-refractivity contribution is 0.149. The Balaban J connectivity index is 2.30. The number of hydrogen-bond donors (Lipinski definition) is 2. The van der Waals surface area contributed by atoms with Crippen LogP contribution in [-0.4, -0.2) is 15.8 Å². The number of halogens is 2. The molecule has 0 unspecified atom stereocenters. The minimum absolute atomic E-state index is 0.177. The molecule has 0 heterocycles. The van der Waals surface area contributed by atoms with Gasteiger partial charge in [-0.3, -0.25) is 0 Å². The van der Waals surface area contributed by atoms with Crippen molar-refractivity contribution in [2.45, 2.75) is 24.9 Å². The van der Waals surface area contributed by atoms with E-state index in [9.17, 15) is 19.0 Å². The number of rotatable bonds is 2. The van der Waals surface area contributed by atoms with E-state index in [0.29, 0.717) is 12.8 Å². The summed E-state index contributed by atoms with van der Waals surface area (Å²) in [4.78, 5) is 0. The first-order chi connectivity index (χ1) is 6.52. The van der Waals surface area contributed by atoms with Crippen LogP contribution < -0.4 is 0 Å². The molecule has 1 fully saturated rings. The summed E-state index contributed by atoms with van der Waals surface area (Å²) in [6.45, 7) is 0. The van der Waals surface area contributed by atoms with Crippen LogP contribution >= 0.6 is 0 Å². The molecule has 1 aliphatic rings. The molecule has 4 heteroatoms. The fourth-order valence-electron chi connectivity index (χ4n) is 1.40. The van der Waals surface area contributed by atoms with Gasteiger partial charge in [-0.1, -0.05) is 6.07 Å². The molecular weight excluding hydrogens is 190 g/mol. The molecule has 0 aromatic heterocycles. The van der Waals surface area contributed by atoms with Gasteiger partial charge in [-0.2, -0.15) is 4.39 Å². The van der Waals surface area contributed by atoms with Crippen molar-refractivity contribution in [2.24, 2.45) is 0 Å². The smallest absolute Gasteiger partial charge is 0.200 e. The molecule has 1 saturated carbocycles. The van der Waals surface area contributed by atoms with E-state index in [4.69, 9.17) is 0 Å². The van der Waals surface area contributed by atoms with Crippen LogP contribution in [0.2, 0.25) is 0 Å². The summed E-state index contributed by atoms with van der Waals surface area (Å²) in [6.07, 6.45) is 1.47. The molecule has 2 nitrogen and oxygen atoms in total. The van der Waals surface area contributed by atoms with Crippen molar-refractivity contribution in [3.8, 4) is 5.75 Å². The standard InChI is InChI=1S/C10H10F2O2/c11-7-2-1-6(9(13)8(7)12)5-10(14)3-4-10/h1-2,13-14H,3-5H2. The molecule has 1 aromatic carbocycles. The lowest BCUT2D eigenvalue weighted by Gasteiger charge is -2.09. The van der Waals surface area contributed by atoms with Crippen LogP contribution in [0, 0.1) is 11.6 Å². The highest BCUT2D eigenvalue weighted by Gasteiger charge is 2.41. The number of aliphatic hydroxyl groups is 1. The fourth-order valence-corrected chi connectivity index (χ4v) is 1.40. The Labute approximate surface area is 79.8 Å². The first kappa shape index (κ1) is 9.40. The van der Waals surface area contributed by atoms with Crippen molar-refractivity contribution in [3.63, 3.8) is 0 Å². The molecule has 0 amide bonds. The van der Waals surface area contributed by atoms with Gasteiger partial charge < -0.3 is 10.2 Å². The highest BCUT2D eigenvalue weighted by Crippen LogP contribution is 2.40. The summed E-state index contributed by atoms with van der Waals surface area (Å²) < 4.78 is 25.5. The first-order valence-corrected chi connectivity index (χ1v) is 4.40. The Morgan fingerprint density at radius 2 is 1.93 bits per heavy atom. The van der Waals surface area contributed by atoms with E-state index < -0.39 is 23.0 Å². The van der Waals surface area contributed by atoms with Crippen molar-refractivity contribution in [1.82, 2.24) is 0 Å². The van der Waals surface area contributed by atoms with Crippen molar-refractivity contribution < 1.29 is 19.0 Å². The second-order valence-corrected chi connectivity index (χ2v) is 3.77. The van der Waals surface area contributed by atoms with Gasteiger partial charge in [0, 0.05) is 6.42 Å². The number of aromatic hydroxyl groups is 1. The monoisotopic (exact) mass is 200 g/mol. The minimum Gasteiger partial charge on any atom is -0.505 e. The van der Waals surface area contributed by atoms with Gasteiger partial charge in [-0.25, -0.2) is 4.39 Å². The molecule has 14 heavy (non-hydrogen) atoms. The van der Waals surface area contributed by atoms with Gasteiger partial charge in [0.25, 0.3) is 0 Å². The van der Waals surface area contributed by atoms with Crippen LogP contribution in [0.5, 0.6) is 5.75 Å². The van der Waals surface area contributed by atoms with E-state index in [1.54, 1.807) is 0 Å². The third kappa shape index (κ3) is 1.57. The summed E-state index contributed by atoms with van der Waals surface area (Å²) in [5, 5.41) is 18.8. The topological polar surface area (TPSA) is 40.5 Å². The average molecular weight is 200 g/mol. The maximum atomic E-state index is 12.9. The first-order valence-electron chi connectivity index (χ1n) is 4.40. The van der Waals surface area contributed by atoms with Gasteiger partial charge in [0.15, 0.2) is 11.6 Å². The maximum absolute atomic E-state index is 12.9. The molecule has 0 spiro atoms. The number of phenolic OH excluding ortho intramolecular Hbond substituents is 1. The van der Waals surface area contributed by atoms with Crippen molar-refractivity contribution in [2.75, 3.05) is 0 Å². The molecule has 0 radical (unpaired) electrons. The van der Waals surface area contributed by atoms with Crippen LogP contribution in [0.25, 0.3) is 0 Å². The summed E-state index contributed by atoms with van der Waals surface area (Å²) in [5.41, 5.74) is -0.564. The van der Waals surface area contributed by atoms with Crippen LogP contribution in [0.4, 0.5) is 8.78 Å². The molecule has 0 bridgehead atoms. The van der Waals surface area contributed by atoms with Gasteiger partial charge in [0.2, 0.25) is 5.82 Å². The molecule has 0 aliphatic heterocycles. The van der Waals surface area contributed by atoms with Gasteiger partial charge in [-0.05, 0) is 24.5 Å². The summed E-state index contributed by atoms with van der Waals surface area (Å²) >= 11 is 0. The Morgan fingerprint density at radius 3 is 2.50 bits per heavy atom. The van der Waals surface area contributed by atoms with Crippen LogP contribution in [0.1, 0.15) is 18.4 Å². The zero-order valence-corrected chi connectivity index (χ0v) is 7.43. The van der Waals surface area contributed by atoms with Gasteiger partial charge in [-0.15, -0.1) is 0 Å². The van der Waals surface area contributed by atoms with Crippen molar-refractivity contribution in [3.05, 3.63) is 29.3 Å². The minimum atomic E-state index is -1.24. The lowest BCUT2D eigenvalue weighted by atomic mass is 10.1. The average Bonchev–Trinajstić information content (AvgIpc) is 2.86. The summed E-state index contributed by atoms with van der Waals surface area (Å²) in [5.74, 6) is -3.01. The van der Waals surface area contributed by atoms with E-state index >= 15 is 0 Å². The normalized spacial score (nSPS) is 18.2. The molecule has 1 aromatic rings. The Bertz CT molecular complexity index is 373. The third-order valence-electron chi connectivity index (χ3n) is 2.50. The molecule has 76 valence electrons. The predicted octanol–water partition coefficient (Wildman–Crippen LogP) is 1.74. The van der Waals surface area contributed by atoms with Gasteiger partial charge in [0.05, 0.1) is 5.60 Å². The molecule has 2 N–H and O–H groups in total. The predicted molar refractivity (Wildman–Crippen MR) is 45.9 cm³/mol. The highest BCUT2D eigenvalue weighted by molar-refractivity contribution is 5.36. The van der Waals surface area contributed by atoms with E-state index in [1.165, 1.54) is 6.07 Å². The van der Waals surface area contributed by atoms with Crippen LogP contribution in [0.3, 0.4) is 0 Å². The van der Waals surface area contributed by atoms with Gasteiger partial charge in [0.1, 0.15) is 0 Å². The van der Waals surface area contributed by atoms with Crippen molar-refractivity contribution in [1.29, 1.82) is 0 Å². The Kier molecular flexibility index (Phi) is 1.96. The molecule has 2 rings (SSSR count). The SMILES string of the molecule is Oc1c(CC2(O)CC2)ccc(F)c1F. The second kappa shape index (κ2) is 2.92. The zero-order chi connectivity index (χ0) is 10.3. The maximum Gasteiger partial charge on any atom is 0.200 e. The third-order valence-corrected chi connectivity index (χ3v) is 2.50. The molecular formula is C10H10F2O2. The Hall–Kier alpha value is -1.16.